The summed E-state index contributed by atoms with van der Waals surface area (Å²) in [6.07, 6.45) is 1.28. The second-order valence-electron chi connectivity index (χ2n) is 4.36. The molecule has 0 aromatic rings. The van der Waals surface area contributed by atoms with E-state index in [9.17, 15) is 9.59 Å². The van der Waals surface area contributed by atoms with Crippen molar-refractivity contribution in [3.05, 3.63) is 12.7 Å². The summed E-state index contributed by atoms with van der Waals surface area (Å²) in [6.45, 7) is 9.19. The molecule has 1 fully saturated rings. The molecule has 1 aliphatic heterocycles. The lowest BCUT2D eigenvalue weighted by atomic mass is 10.1. The highest BCUT2D eigenvalue weighted by Gasteiger charge is 2.35. The number of hydrogen-bond donors (Lipinski definition) is 0. The van der Waals surface area contributed by atoms with E-state index in [1.807, 2.05) is 13.8 Å². The second-order valence-corrected chi connectivity index (χ2v) is 4.36. The maximum absolute atomic E-state index is 11.7. The standard InChI is InChI=1S/C12H20N2O3/c1-5-11(15)13-6-7-14(9(2)3)10(8-13)12(16)17-4/h5,9-10H,1,6-8H2,2-4H3. The lowest BCUT2D eigenvalue weighted by molar-refractivity contribution is -0.152. The van der Waals surface area contributed by atoms with Crippen LogP contribution in [0.1, 0.15) is 13.8 Å². The molecule has 96 valence electrons. The van der Waals surface area contributed by atoms with Crippen LogP contribution in [0.3, 0.4) is 0 Å². The van der Waals surface area contributed by atoms with E-state index in [1.165, 1.54) is 13.2 Å². The Hall–Kier alpha value is -1.36. The normalized spacial score (nSPS) is 21.4. The Kier molecular flexibility index (Phi) is 4.69. The van der Waals surface area contributed by atoms with Crippen LogP contribution in [-0.2, 0) is 14.3 Å². The number of ether oxygens (including phenoxy) is 1. The van der Waals surface area contributed by atoms with Crippen LogP contribution >= 0.6 is 0 Å². The van der Waals surface area contributed by atoms with E-state index < -0.39 is 0 Å². The van der Waals surface area contributed by atoms with Crippen LogP contribution in [0.25, 0.3) is 0 Å². The molecule has 1 unspecified atom stereocenters. The third-order valence-electron chi connectivity index (χ3n) is 3.04. The van der Waals surface area contributed by atoms with Gasteiger partial charge < -0.3 is 9.64 Å². The Morgan fingerprint density at radius 3 is 2.53 bits per heavy atom. The zero-order chi connectivity index (χ0) is 13.0. The molecule has 0 bridgehead atoms. The fourth-order valence-corrected chi connectivity index (χ4v) is 2.09. The van der Waals surface area contributed by atoms with Crippen molar-refractivity contribution in [3.8, 4) is 0 Å². The highest BCUT2D eigenvalue weighted by atomic mass is 16.5. The molecular weight excluding hydrogens is 220 g/mol. The minimum Gasteiger partial charge on any atom is -0.468 e. The van der Waals surface area contributed by atoms with E-state index in [-0.39, 0.29) is 24.0 Å². The molecule has 5 heteroatoms. The maximum atomic E-state index is 11.7. The SMILES string of the molecule is C=CC(=O)N1CCN(C(C)C)C(C(=O)OC)C1. The summed E-state index contributed by atoms with van der Waals surface area (Å²) in [5.41, 5.74) is 0. The van der Waals surface area contributed by atoms with Gasteiger partial charge in [-0.05, 0) is 19.9 Å². The van der Waals surface area contributed by atoms with Gasteiger partial charge in [0.1, 0.15) is 6.04 Å². The van der Waals surface area contributed by atoms with Gasteiger partial charge in [-0.1, -0.05) is 6.58 Å². The van der Waals surface area contributed by atoms with E-state index in [1.54, 1.807) is 4.90 Å². The molecule has 5 nitrogen and oxygen atoms in total. The number of carbonyl (C=O) groups is 2. The third-order valence-corrected chi connectivity index (χ3v) is 3.04. The van der Waals surface area contributed by atoms with E-state index in [2.05, 4.69) is 11.5 Å². The molecule has 0 aromatic carbocycles. The number of piperazine rings is 1. The Bertz CT molecular complexity index is 315. The molecular formula is C12H20N2O3. The quantitative estimate of drug-likeness (QED) is 0.525. The van der Waals surface area contributed by atoms with Crippen molar-refractivity contribution in [3.63, 3.8) is 0 Å². The molecule has 1 amide bonds. The number of esters is 1. The minimum atomic E-state index is -0.377. The van der Waals surface area contributed by atoms with E-state index in [0.717, 1.165) is 0 Å². The zero-order valence-electron chi connectivity index (χ0n) is 10.7. The highest BCUT2D eigenvalue weighted by Crippen LogP contribution is 2.14. The number of amides is 1. The van der Waals surface area contributed by atoms with Crippen LogP contribution in [0.2, 0.25) is 0 Å². The van der Waals surface area contributed by atoms with Crippen molar-refractivity contribution in [1.82, 2.24) is 9.80 Å². The van der Waals surface area contributed by atoms with Gasteiger partial charge in [0.2, 0.25) is 5.91 Å². The van der Waals surface area contributed by atoms with Gasteiger partial charge in [-0.15, -0.1) is 0 Å². The van der Waals surface area contributed by atoms with Gasteiger partial charge in [-0.25, -0.2) is 0 Å². The zero-order valence-corrected chi connectivity index (χ0v) is 10.7. The van der Waals surface area contributed by atoms with Gasteiger partial charge in [-0.3, -0.25) is 14.5 Å². The Morgan fingerprint density at radius 1 is 1.41 bits per heavy atom. The maximum Gasteiger partial charge on any atom is 0.324 e. The summed E-state index contributed by atoms with van der Waals surface area (Å²) in [5, 5.41) is 0. The molecule has 1 saturated heterocycles. The predicted octanol–water partition coefficient (Wildman–Crippen LogP) is 0.267. The smallest absolute Gasteiger partial charge is 0.324 e. The Balaban J connectivity index is 2.80. The molecule has 0 radical (unpaired) electrons. The summed E-state index contributed by atoms with van der Waals surface area (Å²) in [6, 6.07) is -0.127. The predicted molar refractivity (Wildman–Crippen MR) is 64.4 cm³/mol. The molecule has 1 heterocycles. The van der Waals surface area contributed by atoms with Crippen LogP contribution in [0, 0.1) is 0 Å². The average Bonchev–Trinajstić information content (AvgIpc) is 2.35. The van der Waals surface area contributed by atoms with Crippen molar-refractivity contribution in [2.24, 2.45) is 0 Å². The van der Waals surface area contributed by atoms with Crippen molar-refractivity contribution < 1.29 is 14.3 Å². The molecule has 17 heavy (non-hydrogen) atoms. The van der Waals surface area contributed by atoms with Crippen molar-refractivity contribution in [1.29, 1.82) is 0 Å². The molecule has 1 rings (SSSR count). The monoisotopic (exact) mass is 240 g/mol. The van der Waals surface area contributed by atoms with Crippen LogP contribution in [0.4, 0.5) is 0 Å². The number of nitrogens with zero attached hydrogens (tertiary/aromatic N) is 2. The summed E-state index contributed by atoms with van der Waals surface area (Å²) < 4.78 is 4.79. The van der Waals surface area contributed by atoms with E-state index in [4.69, 9.17) is 4.74 Å². The van der Waals surface area contributed by atoms with Gasteiger partial charge in [0.25, 0.3) is 0 Å². The molecule has 1 atom stereocenters. The van der Waals surface area contributed by atoms with Gasteiger partial charge in [-0.2, -0.15) is 0 Å². The van der Waals surface area contributed by atoms with E-state index >= 15 is 0 Å². The first-order valence-corrected chi connectivity index (χ1v) is 5.76. The molecule has 0 saturated carbocycles. The topological polar surface area (TPSA) is 49.9 Å². The molecule has 0 aromatic heterocycles. The van der Waals surface area contributed by atoms with Gasteiger partial charge in [0, 0.05) is 25.7 Å². The summed E-state index contributed by atoms with van der Waals surface area (Å²) in [5.74, 6) is -0.428. The van der Waals surface area contributed by atoms with Gasteiger partial charge in [0.15, 0.2) is 0 Å². The first kappa shape index (κ1) is 13.7. The number of methoxy groups -OCH3 is 1. The fourth-order valence-electron chi connectivity index (χ4n) is 2.09. The first-order valence-electron chi connectivity index (χ1n) is 5.76. The average molecular weight is 240 g/mol. The lowest BCUT2D eigenvalue weighted by Gasteiger charge is -2.41. The van der Waals surface area contributed by atoms with E-state index in [0.29, 0.717) is 19.6 Å². The van der Waals surface area contributed by atoms with Crippen LogP contribution < -0.4 is 0 Å². The molecule has 0 spiro atoms. The minimum absolute atomic E-state index is 0.137. The van der Waals surface area contributed by atoms with Crippen molar-refractivity contribution >= 4 is 11.9 Å². The fraction of sp³-hybridized carbons (Fsp3) is 0.667. The summed E-state index contributed by atoms with van der Waals surface area (Å²) in [4.78, 5) is 26.9. The van der Waals surface area contributed by atoms with Gasteiger partial charge >= 0.3 is 5.97 Å². The van der Waals surface area contributed by atoms with Crippen LogP contribution in [0.15, 0.2) is 12.7 Å². The first-order chi connectivity index (χ1) is 8.01. The number of rotatable bonds is 3. The van der Waals surface area contributed by atoms with Gasteiger partial charge in [0.05, 0.1) is 7.11 Å². The summed E-state index contributed by atoms with van der Waals surface area (Å²) >= 11 is 0. The lowest BCUT2D eigenvalue weighted by Crippen LogP contribution is -2.59. The summed E-state index contributed by atoms with van der Waals surface area (Å²) in [7, 11) is 1.37. The van der Waals surface area contributed by atoms with Crippen molar-refractivity contribution in [2.75, 3.05) is 26.7 Å². The largest absolute Gasteiger partial charge is 0.468 e. The Morgan fingerprint density at radius 2 is 2.06 bits per heavy atom. The highest BCUT2D eigenvalue weighted by molar-refractivity contribution is 5.88. The van der Waals surface area contributed by atoms with Crippen LogP contribution in [-0.4, -0.2) is 60.5 Å². The molecule has 0 aliphatic carbocycles. The molecule has 0 N–H and O–H groups in total. The third kappa shape index (κ3) is 3.06. The van der Waals surface area contributed by atoms with Crippen LogP contribution in [0.5, 0.6) is 0 Å². The van der Waals surface area contributed by atoms with Crippen molar-refractivity contribution in [2.45, 2.75) is 25.9 Å². The second kappa shape index (κ2) is 5.82. The Labute approximate surface area is 102 Å². The number of hydrogen-bond acceptors (Lipinski definition) is 4. The number of carbonyl (C=O) groups excluding carboxylic acids is 2. The molecule has 1 aliphatic rings.